The number of amides is 1. The van der Waals surface area contributed by atoms with Crippen molar-refractivity contribution in [1.82, 2.24) is 19.7 Å². The molecule has 5 rings (SSSR count). The molecule has 0 radical (unpaired) electrons. The summed E-state index contributed by atoms with van der Waals surface area (Å²) < 4.78 is 46.7. The van der Waals surface area contributed by atoms with Gasteiger partial charge in [-0.05, 0) is 35.9 Å². The summed E-state index contributed by atoms with van der Waals surface area (Å²) in [5, 5.41) is 8.25. The van der Waals surface area contributed by atoms with Gasteiger partial charge in [0.25, 0.3) is 5.91 Å². The quantitative estimate of drug-likeness (QED) is 0.365. The summed E-state index contributed by atoms with van der Waals surface area (Å²) in [6.45, 7) is 0.377. The van der Waals surface area contributed by atoms with Gasteiger partial charge < -0.3 is 18.8 Å². The Kier molecular flexibility index (Phi) is 6.10. The van der Waals surface area contributed by atoms with Crippen LogP contribution in [-0.4, -0.2) is 60.5 Å². The van der Waals surface area contributed by atoms with E-state index < -0.39 is 10.0 Å². The van der Waals surface area contributed by atoms with Crippen molar-refractivity contribution in [3.8, 4) is 28.8 Å². The summed E-state index contributed by atoms with van der Waals surface area (Å²) in [4.78, 5) is 14.1. The van der Waals surface area contributed by atoms with E-state index in [1.807, 2.05) is 12.1 Å². The highest BCUT2D eigenvalue weighted by Gasteiger charge is 2.29. The zero-order chi connectivity index (χ0) is 25.3. The predicted molar refractivity (Wildman–Crippen MR) is 131 cm³/mol. The third-order valence-corrected chi connectivity index (χ3v) is 7.02. The molecule has 0 bridgehead atoms. The van der Waals surface area contributed by atoms with Crippen LogP contribution in [0.15, 0.2) is 65.3 Å². The molecule has 0 unspecified atom stereocenters. The van der Waals surface area contributed by atoms with Gasteiger partial charge in [-0.3, -0.25) is 14.1 Å². The first kappa shape index (κ1) is 23.4. The van der Waals surface area contributed by atoms with E-state index in [4.69, 9.17) is 13.9 Å². The van der Waals surface area contributed by atoms with Gasteiger partial charge in [-0.1, -0.05) is 24.3 Å². The molecule has 1 N–H and O–H groups in total. The second kappa shape index (κ2) is 9.38. The normalized spacial score (nSPS) is 13.1. The Hall–Kier alpha value is -4.32. The van der Waals surface area contributed by atoms with E-state index in [-0.39, 0.29) is 30.0 Å². The number of ether oxygens (including phenoxy) is 2. The SMILES string of the molecule is COc1cccc(OC)c1-n1c(NS(=O)(=O)CCN2Cc3ccccc3C2=O)nnc1-c1ccco1. The van der Waals surface area contributed by atoms with Crippen LogP contribution in [0.5, 0.6) is 11.5 Å². The minimum Gasteiger partial charge on any atom is -0.494 e. The van der Waals surface area contributed by atoms with Crippen molar-refractivity contribution >= 4 is 21.9 Å². The minimum absolute atomic E-state index is 0.0139. The van der Waals surface area contributed by atoms with Gasteiger partial charge in [-0.2, -0.15) is 0 Å². The smallest absolute Gasteiger partial charge is 0.254 e. The number of nitrogens with zero attached hydrogens (tertiary/aromatic N) is 4. The third kappa shape index (κ3) is 4.26. The van der Waals surface area contributed by atoms with Gasteiger partial charge in [0.2, 0.25) is 21.8 Å². The molecule has 11 nitrogen and oxygen atoms in total. The average Bonchev–Trinajstić information content (AvgIpc) is 3.62. The highest BCUT2D eigenvalue weighted by Crippen LogP contribution is 2.37. The monoisotopic (exact) mass is 509 g/mol. The maximum absolute atomic E-state index is 13.1. The van der Waals surface area contributed by atoms with Gasteiger partial charge >= 0.3 is 0 Å². The van der Waals surface area contributed by atoms with Gasteiger partial charge in [0.05, 0.1) is 26.2 Å². The molecule has 12 heteroatoms. The van der Waals surface area contributed by atoms with Crippen LogP contribution in [0.1, 0.15) is 15.9 Å². The lowest BCUT2D eigenvalue weighted by atomic mass is 10.1. The Bertz CT molecular complexity index is 1490. The summed E-state index contributed by atoms with van der Waals surface area (Å²) in [5.74, 6) is 0.805. The van der Waals surface area contributed by atoms with Crippen LogP contribution in [0.2, 0.25) is 0 Å². The number of methoxy groups -OCH3 is 2. The Morgan fingerprint density at radius 3 is 2.42 bits per heavy atom. The first-order valence-corrected chi connectivity index (χ1v) is 12.7. The molecule has 0 aliphatic carbocycles. The van der Waals surface area contributed by atoms with Crippen molar-refractivity contribution in [2.75, 3.05) is 31.2 Å². The molecule has 36 heavy (non-hydrogen) atoms. The zero-order valence-corrected chi connectivity index (χ0v) is 20.4. The van der Waals surface area contributed by atoms with Crippen LogP contribution in [-0.2, 0) is 16.6 Å². The van der Waals surface area contributed by atoms with Crippen LogP contribution in [0.4, 0.5) is 5.95 Å². The van der Waals surface area contributed by atoms with Crippen molar-refractivity contribution in [2.45, 2.75) is 6.54 Å². The minimum atomic E-state index is -3.94. The van der Waals surface area contributed by atoms with Gasteiger partial charge in [0.15, 0.2) is 5.76 Å². The second-order valence-corrected chi connectivity index (χ2v) is 9.82. The maximum Gasteiger partial charge on any atom is 0.254 e. The highest BCUT2D eigenvalue weighted by atomic mass is 32.2. The third-order valence-electron chi connectivity index (χ3n) is 5.80. The molecule has 0 saturated heterocycles. The number of nitrogens with one attached hydrogen (secondary N) is 1. The standard InChI is InChI=1S/C24H23N5O6S/c1-33-18-9-5-10-19(34-2)21(18)29-22(20-11-6-13-35-20)25-26-24(29)27-36(31,32)14-12-28-15-16-7-3-4-8-17(16)23(28)30/h3-11,13H,12,14-15H2,1-2H3,(H,26,27). The number of carbonyl (C=O) groups is 1. The van der Waals surface area contributed by atoms with Crippen molar-refractivity contribution in [2.24, 2.45) is 0 Å². The van der Waals surface area contributed by atoms with E-state index in [1.165, 1.54) is 29.9 Å². The number of furan rings is 1. The molecule has 1 amide bonds. The Morgan fingerprint density at radius 2 is 1.75 bits per heavy atom. The van der Waals surface area contributed by atoms with E-state index in [0.717, 1.165) is 5.56 Å². The van der Waals surface area contributed by atoms with Crippen molar-refractivity contribution in [1.29, 1.82) is 0 Å². The summed E-state index contributed by atoms with van der Waals surface area (Å²) in [5.41, 5.74) is 1.86. The number of fused-ring (bicyclic) bond motifs is 1. The molecular formula is C24H23N5O6S. The molecule has 4 aromatic rings. The zero-order valence-electron chi connectivity index (χ0n) is 19.5. The lowest BCUT2D eigenvalue weighted by Crippen LogP contribution is -2.32. The van der Waals surface area contributed by atoms with Crippen LogP contribution >= 0.6 is 0 Å². The number of benzene rings is 2. The first-order chi connectivity index (χ1) is 17.4. The largest absolute Gasteiger partial charge is 0.494 e. The van der Waals surface area contributed by atoms with Gasteiger partial charge in [0, 0.05) is 18.7 Å². The predicted octanol–water partition coefficient (Wildman–Crippen LogP) is 2.94. The molecule has 0 fully saturated rings. The fourth-order valence-electron chi connectivity index (χ4n) is 4.10. The van der Waals surface area contributed by atoms with Gasteiger partial charge in [-0.15, -0.1) is 10.2 Å². The number of para-hydroxylation sites is 1. The number of hydrogen-bond acceptors (Lipinski definition) is 8. The van der Waals surface area contributed by atoms with E-state index in [0.29, 0.717) is 35.1 Å². The Morgan fingerprint density at radius 1 is 1.00 bits per heavy atom. The number of carbonyl (C=O) groups excluding carboxylic acids is 1. The number of aromatic nitrogens is 3. The number of anilines is 1. The highest BCUT2D eigenvalue weighted by molar-refractivity contribution is 7.92. The molecular weight excluding hydrogens is 486 g/mol. The molecule has 2 aromatic carbocycles. The summed E-state index contributed by atoms with van der Waals surface area (Å²) in [7, 11) is -0.957. The van der Waals surface area contributed by atoms with E-state index in [9.17, 15) is 13.2 Å². The summed E-state index contributed by atoms with van der Waals surface area (Å²) in [6, 6.07) is 15.8. The van der Waals surface area contributed by atoms with E-state index in [1.54, 1.807) is 42.5 Å². The van der Waals surface area contributed by atoms with Crippen molar-refractivity contribution in [3.05, 3.63) is 72.0 Å². The van der Waals surface area contributed by atoms with Crippen molar-refractivity contribution < 1.29 is 27.1 Å². The topological polar surface area (TPSA) is 129 Å². The fourth-order valence-corrected chi connectivity index (χ4v) is 5.07. The molecule has 1 aliphatic rings. The fraction of sp³-hybridized carbons (Fsp3) is 0.208. The molecule has 0 atom stereocenters. The molecule has 2 aromatic heterocycles. The number of rotatable bonds is 9. The van der Waals surface area contributed by atoms with Crippen LogP contribution in [0.3, 0.4) is 0 Å². The van der Waals surface area contributed by atoms with Crippen LogP contribution in [0, 0.1) is 0 Å². The Balaban J connectivity index is 1.46. The first-order valence-electron chi connectivity index (χ1n) is 11.0. The number of sulfonamides is 1. The second-order valence-electron chi connectivity index (χ2n) is 7.98. The molecule has 0 spiro atoms. The average molecular weight is 510 g/mol. The van der Waals surface area contributed by atoms with Crippen LogP contribution < -0.4 is 14.2 Å². The summed E-state index contributed by atoms with van der Waals surface area (Å²) >= 11 is 0. The lowest BCUT2D eigenvalue weighted by molar-refractivity contribution is 0.0788. The van der Waals surface area contributed by atoms with Crippen molar-refractivity contribution in [3.63, 3.8) is 0 Å². The molecule has 1 aliphatic heterocycles. The molecule has 0 saturated carbocycles. The number of hydrogen-bond donors (Lipinski definition) is 1. The van der Waals surface area contributed by atoms with Gasteiger partial charge in [-0.25, -0.2) is 8.42 Å². The lowest BCUT2D eigenvalue weighted by Gasteiger charge is -2.18. The molecule has 3 heterocycles. The van der Waals surface area contributed by atoms with Gasteiger partial charge in [0.1, 0.15) is 17.2 Å². The van der Waals surface area contributed by atoms with E-state index >= 15 is 0 Å². The van der Waals surface area contributed by atoms with Crippen LogP contribution in [0.25, 0.3) is 17.3 Å². The Labute approximate surface area is 207 Å². The maximum atomic E-state index is 13.1. The molecule has 186 valence electrons. The van der Waals surface area contributed by atoms with E-state index in [2.05, 4.69) is 14.9 Å². The summed E-state index contributed by atoms with van der Waals surface area (Å²) in [6.07, 6.45) is 1.47.